The molecule has 1 saturated heterocycles. The molecule has 1 unspecified atom stereocenters. The quantitative estimate of drug-likeness (QED) is 0.782. The number of Topliss-reactive ketones (excluding diaryl/α,β-unsaturated/α-hetero) is 1. The molecule has 0 amide bonds. The number of nitrogens with zero attached hydrogens (tertiary/aromatic N) is 2. The first-order valence-electron chi connectivity index (χ1n) is 5.38. The molecule has 2 heterocycles. The molecule has 2 rings (SSSR count). The molecule has 1 aromatic rings. The second-order valence-electron chi connectivity index (χ2n) is 3.92. The van der Waals surface area contributed by atoms with Crippen molar-refractivity contribution in [1.29, 1.82) is 0 Å². The van der Waals surface area contributed by atoms with E-state index in [0.717, 1.165) is 24.4 Å². The van der Waals surface area contributed by atoms with E-state index in [1.165, 1.54) is 6.42 Å². The summed E-state index contributed by atoms with van der Waals surface area (Å²) in [4.78, 5) is 16.0. The third-order valence-corrected chi connectivity index (χ3v) is 4.23. The van der Waals surface area contributed by atoms with Crippen molar-refractivity contribution in [3.63, 3.8) is 0 Å². The molecule has 0 saturated carbocycles. The minimum Gasteiger partial charge on any atom is -0.338 e. The number of hydrogen-bond acceptors (Lipinski definition) is 3. The third kappa shape index (κ3) is 2.62. The Morgan fingerprint density at radius 2 is 2.60 bits per heavy atom. The summed E-state index contributed by atoms with van der Waals surface area (Å²) in [5, 5.41) is 0.269. The molecule has 0 spiro atoms. The zero-order valence-corrected chi connectivity index (χ0v) is 9.80. The van der Waals surface area contributed by atoms with E-state index in [9.17, 15) is 4.79 Å². The summed E-state index contributed by atoms with van der Waals surface area (Å²) in [6.45, 7) is 0. The number of rotatable bonds is 4. The molecule has 0 N–H and O–H groups in total. The van der Waals surface area contributed by atoms with Crippen LogP contribution >= 0.6 is 11.8 Å². The highest BCUT2D eigenvalue weighted by Gasteiger charge is 2.22. The highest BCUT2D eigenvalue weighted by Crippen LogP contribution is 2.27. The van der Waals surface area contributed by atoms with E-state index in [1.54, 1.807) is 6.20 Å². The molecule has 0 aromatic carbocycles. The Kier molecular flexibility index (Phi) is 3.46. The van der Waals surface area contributed by atoms with Gasteiger partial charge in [-0.3, -0.25) is 4.79 Å². The summed E-state index contributed by atoms with van der Waals surface area (Å²) in [6.07, 6.45) is 7.39. The molecule has 0 radical (unpaired) electrons. The lowest BCUT2D eigenvalue weighted by Gasteiger charge is -2.06. The zero-order chi connectivity index (χ0) is 10.7. The predicted molar refractivity (Wildman–Crippen MR) is 62.0 cm³/mol. The van der Waals surface area contributed by atoms with E-state index in [1.807, 2.05) is 29.6 Å². The van der Waals surface area contributed by atoms with E-state index in [0.29, 0.717) is 12.2 Å². The molecule has 4 heteroatoms. The third-order valence-electron chi connectivity index (χ3n) is 2.80. The molecule has 0 aliphatic carbocycles. The smallest absolute Gasteiger partial charge is 0.146 e. The molecule has 3 nitrogen and oxygen atoms in total. The fraction of sp³-hybridized carbons (Fsp3) is 0.636. The Hall–Kier alpha value is -0.770. The van der Waals surface area contributed by atoms with Crippen LogP contribution in [0.15, 0.2) is 12.4 Å². The molecule has 1 aliphatic rings. The summed E-state index contributed by atoms with van der Waals surface area (Å²) in [5.41, 5.74) is 0. The Bertz CT molecular complexity index is 342. The van der Waals surface area contributed by atoms with E-state index < -0.39 is 0 Å². The van der Waals surface area contributed by atoms with Gasteiger partial charge in [-0.05, 0) is 18.6 Å². The summed E-state index contributed by atoms with van der Waals surface area (Å²) < 4.78 is 1.98. The summed E-state index contributed by atoms with van der Waals surface area (Å²) >= 11 is 1.82. The maximum absolute atomic E-state index is 11.8. The largest absolute Gasteiger partial charge is 0.338 e. The van der Waals surface area contributed by atoms with Gasteiger partial charge in [-0.15, -0.1) is 0 Å². The van der Waals surface area contributed by atoms with Crippen molar-refractivity contribution in [3.8, 4) is 0 Å². The van der Waals surface area contributed by atoms with Crippen molar-refractivity contribution < 1.29 is 4.79 Å². The molecule has 1 fully saturated rings. The van der Waals surface area contributed by atoms with Crippen molar-refractivity contribution in [3.05, 3.63) is 18.2 Å². The molecule has 82 valence electrons. The van der Waals surface area contributed by atoms with Crippen molar-refractivity contribution in [2.24, 2.45) is 7.05 Å². The van der Waals surface area contributed by atoms with Crippen LogP contribution in [0.5, 0.6) is 0 Å². The lowest BCUT2D eigenvalue weighted by Crippen LogP contribution is -2.15. The molecule has 1 aromatic heterocycles. The molecule has 0 bridgehead atoms. The molecular weight excluding hydrogens is 208 g/mol. The standard InChI is InChI=1S/C11H16N2OS/c1-13-7-6-12-11(13)5-4-9(14)10-3-2-8-15-10/h6-7,10H,2-5,8H2,1H3. The summed E-state index contributed by atoms with van der Waals surface area (Å²) in [5.74, 6) is 2.56. The van der Waals surface area contributed by atoms with Crippen LogP contribution in [0.25, 0.3) is 0 Å². The minimum absolute atomic E-state index is 0.269. The number of carbonyl (C=O) groups is 1. The lowest BCUT2D eigenvalue weighted by molar-refractivity contribution is -0.118. The highest BCUT2D eigenvalue weighted by atomic mass is 32.2. The first-order chi connectivity index (χ1) is 7.27. The van der Waals surface area contributed by atoms with E-state index in [-0.39, 0.29) is 5.25 Å². The topological polar surface area (TPSA) is 34.9 Å². The van der Waals surface area contributed by atoms with Gasteiger partial charge < -0.3 is 4.57 Å². The van der Waals surface area contributed by atoms with Crippen LogP contribution in [0.1, 0.15) is 25.1 Å². The van der Waals surface area contributed by atoms with Crippen molar-refractivity contribution >= 4 is 17.5 Å². The van der Waals surface area contributed by atoms with Gasteiger partial charge in [-0.25, -0.2) is 4.98 Å². The summed E-state index contributed by atoms with van der Waals surface area (Å²) in [6, 6.07) is 0. The predicted octanol–water partition coefficient (Wildman–Crippen LogP) is 1.82. The fourth-order valence-corrected chi connectivity index (χ4v) is 3.12. The van der Waals surface area contributed by atoms with Gasteiger partial charge in [-0.2, -0.15) is 11.8 Å². The molecule has 1 aliphatic heterocycles. The van der Waals surface area contributed by atoms with Gasteiger partial charge in [0.15, 0.2) is 0 Å². The van der Waals surface area contributed by atoms with E-state index in [2.05, 4.69) is 4.98 Å². The average molecular weight is 224 g/mol. The normalized spacial score (nSPS) is 20.7. The molecule has 15 heavy (non-hydrogen) atoms. The number of hydrogen-bond donors (Lipinski definition) is 0. The van der Waals surface area contributed by atoms with Crippen LogP contribution in [-0.4, -0.2) is 26.3 Å². The van der Waals surface area contributed by atoms with Crippen molar-refractivity contribution in [2.45, 2.75) is 30.9 Å². The van der Waals surface area contributed by atoms with Gasteiger partial charge >= 0.3 is 0 Å². The van der Waals surface area contributed by atoms with Gasteiger partial charge in [0.25, 0.3) is 0 Å². The SMILES string of the molecule is Cn1ccnc1CCC(=O)C1CCCS1. The number of aromatic nitrogens is 2. The van der Waals surface area contributed by atoms with Crippen LogP contribution in [0.4, 0.5) is 0 Å². The van der Waals surface area contributed by atoms with Gasteiger partial charge in [0.05, 0.1) is 5.25 Å². The number of ketones is 1. The molecule has 1 atom stereocenters. The van der Waals surface area contributed by atoms with Crippen LogP contribution in [-0.2, 0) is 18.3 Å². The van der Waals surface area contributed by atoms with Gasteiger partial charge in [0.2, 0.25) is 0 Å². The number of thioether (sulfide) groups is 1. The van der Waals surface area contributed by atoms with Gasteiger partial charge in [0.1, 0.15) is 11.6 Å². The summed E-state index contributed by atoms with van der Waals surface area (Å²) in [7, 11) is 1.97. The monoisotopic (exact) mass is 224 g/mol. The van der Waals surface area contributed by atoms with Crippen LogP contribution in [0.3, 0.4) is 0 Å². The second kappa shape index (κ2) is 4.84. The highest BCUT2D eigenvalue weighted by molar-refractivity contribution is 8.00. The maximum Gasteiger partial charge on any atom is 0.146 e. The van der Waals surface area contributed by atoms with Gasteiger partial charge in [-0.1, -0.05) is 0 Å². The van der Waals surface area contributed by atoms with Crippen LogP contribution in [0, 0.1) is 0 Å². The first-order valence-corrected chi connectivity index (χ1v) is 6.43. The van der Waals surface area contributed by atoms with Crippen LogP contribution < -0.4 is 0 Å². The first kappa shape index (κ1) is 10.7. The van der Waals surface area contributed by atoms with Crippen molar-refractivity contribution in [1.82, 2.24) is 9.55 Å². The average Bonchev–Trinajstić information content (AvgIpc) is 2.85. The number of imidazole rings is 1. The Balaban J connectivity index is 1.83. The minimum atomic E-state index is 0.269. The van der Waals surface area contributed by atoms with Crippen molar-refractivity contribution in [2.75, 3.05) is 5.75 Å². The lowest BCUT2D eigenvalue weighted by atomic mass is 10.1. The van der Waals surface area contributed by atoms with Gasteiger partial charge in [0, 0.05) is 32.3 Å². The van der Waals surface area contributed by atoms with E-state index >= 15 is 0 Å². The van der Waals surface area contributed by atoms with Crippen LogP contribution in [0.2, 0.25) is 0 Å². The Morgan fingerprint density at radius 1 is 1.73 bits per heavy atom. The maximum atomic E-state index is 11.8. The number of aryl methyl sites for hydroxylation is 2. The number of carbonyl (C=O) groups excluding carboxylic acids is 1. The zero-order valence-electron chi connectivity index (χ0n) is 8.98. The molecular formula is C11H16N2OS. The Labute approximate surface area is 94.3 Å². The fourth-order valence-electron chi connectivity index (χ4n) is 1.86. The second-order valence-corrected chi connectivity index (χ2v) is 5.23. The van der Waals surface area contributed by atoms with E-state index in [4.69, 9.17) is 0 Å². The Morgan fingerprint density at radius 3 is 3.20 bits per heavy atom.